The summed E-state index contributed by atoms with van der Waals surface area (Å²) < 4.78 is 68.9. The van der Waals surface area contributed by atoms with Crippen LogP contribution in [-0.2, 0) is 4.74 Å². The molecule has 2 atom stereocenters. The zero-order valence-electron chi connectivity index (χ0n) is 25.6. The van der Waals surface area contributed by atoms with E-state index in [1.807, 2.05) is 13.8 Å². The first-order valence-electron chi connectivity index (χ1n) is 15.0. The Kier molecular flexibility index (Phi) is 11.3. The maximum Gasteiger partial charge on any atom is 0.393 e. The number of ether oxygens (including phenoxy) is 2. The summed E-state index contributed by atoms with van der Waals surface area (Å²) in [6.07, 6.45) is -0.708. The summed E-state index contributed by atoms with van der Waals surface area (Å²) in [4.78, 5) is 16.5. The largest absolute Gasteiger partial charge is 0.475 e. The summed E-state index contributed by atoms with van der Waals surface area (Å²) in [7, 11) is 1.46. The number of carbonyl (C=O) groups is 1. The van der Waals surface area contributed by atoms with E-state index in [0.29, 0.717) is 30.2 Å². The zero-order valence-corrected chi connectivity index (χ0v) is 25.6. The van der Waals surface area contributed by atoms with E-state index in [4.69, 9.17) is 14.9 Å². The minimum atomic E-state index is -4.61. The molecule has 7 nitrogen and oxygen atoms in total. The summed E-state index contributed by atoms with van der Waals surface area (Å²) in [5.74, 6) is -1.30. The highest BCUT2D eigenvalue weighted by Gasteiger charge is 2.32. The van der Waals surface area contributed by atoms with Gasteiger partial charge in [0.1, 0.15) is 6.23 Å². The Balaban J connectivity index is 1.90. The van der Waals surface area contributed by atoms with Crippen molar-refractivity contribution in [1.82, 2.24) is 10.3 Å². The fourth-order valence-electron chi connectivity index (χ4n) is 5.32. The van der Waals surface area contributed by atoms with Crippen molar-refractivity contribution in [1.29, 1.82) is 5.41 Å². The van der Waals surface area contributed by atoms with Crippen molar-refractivity contribution >= 4 is 28.7 Å². The van der Waals surface area contributed by atoms with Crippen molar-refractivity contribution < 1.29 is 31.8 Å². The number of nitrogens with one attached hydrogen (secondary N) is 3. The molecule has 3 N–H and O–H groups in total. The average molecular weight is 627 g/mol. The van der Waals surface area contributed by atoms with Gasteiger partial charge in [-0.15, -0.1) is 0 Å². The van der Waals surface area contributed by atoms with Gasteiger partial charge in [-0.25, -0.2) is 4.98 Å². The Hall–Kier alpha value is -4.25. The number of halogens is 4. The van der Waals surface area contributed by atoms with Crippen LogP contribution in [0.25, 0.3) is 11.1 Å². The first-order chi connectivity index (χ1) is 21.5. The van der Waals surface area contributed by atoms with Gasteiger partial charge >= 0.3 is 6.18 Å². The lowest BCUT2D eigenvalue weighted by molar-refractivity contribution is -0.122. The number of allylic oxidation sites excluding steroid dienone is 1. The molecule has 2 heterocycles. The Morgan fingerprint density at radius 1 is 1.07 bits per heavy atom. The molecule has 0 spiro atoms. The molecule has 0 aliphatic carbocycles. The van der Waals surface area contributed by atoms with Crippen LogP contribution in [0.4, 0.5) is 23.2 Å². The van der Waals surface area contributed by atoms with Crippen LogP contribution in [0, 0.1) is 5.41 Å². The van der Waals surface area contributed by atoms with Crippen LogP contribution in [0.2, 0.25) is 0 Å². The first kappa shape index (κ1) is 33.6. The molecule has 1 fully saturated rings. The third-order valence-electron chi connectivity index (χ3n) is 7.48. The number of anilines is 1. The lowest BCUT2D eigenvalue weighted by Gasteiger charge is -2.26. The monoisotopic (exact) mass is 626 g/mol. The lowest BCUT2D eigenvalue weighted by atomic mass is 9.87. The highest BCUT2D eigenvalue weighted by atomic mass is 19.4. The molecule has 1 amide bonds. The highest BCUT2D eigenvalue weighted by molar-refractivity contribution is 6.03. The third kappa shape index (κ3) is 9.13. The SMILES string of the molecule is CCC[C@H](C)Oc1ccc(/C(=C(/CC(F)(F)F)c2ccc(C(=O)NC)cc2)c2ccc(NC3CCCCO3)c(C(=N)F)c2)cn1. The second-order valence-electron chi connectivity index (χ2n) is 11.0. The van der Waals surface area contributed by atoms with Gasteiger partial charge in [-0.3, -0.25) is 10.2 Å². The van der Waals surface area contributed by atoms with E-state index >= 15 is 0 Å². The normalized spacial score (nSPS) is 16.4. The second-order valence-corrected chi connectivity index (χ2v) is 11.0. The van der Waals surface area contributed by atoms with Gasteiger partial charge in [0, 0.05) is 42.7 Å². The molecule has 0 radical (unpaired) electrons. The Labute approximate surface area is 260 Å². The number of hydrogen-bond donors (Lipinski definition) is 3. The standard InChI is InChI=1S/C34H38F4N4O3/c1-4-7-21(2)45-29-16-14-25(20-41-29)31(27(19-34(36,37)38)22-9-11-23(12-10-22)33(43)40-3)24-13-15-28(26(18-24)32(35)39)42-30-8-5-6-17-44-30/h9-16,18,20-21,30,39,42H,4-8,17,19H2,1-3H3,(H,40,43)/b31-27-,39-32?/t21-,30?/m0/s1. The van der Waals surface area contributed by atoms with E-state index < -0.39 is 18.6 Å². The predicted molar refractivity (Wildman–Crippen MR) is 167 cm³/mol. The van der Waals surface area contributed by atoms with Crippen molar-refractivity contribution in [2.75, 3.05) is 19.0 Å². The van der Waals surface area contributed by atoms with Crippen molar-refractivity contribution in [3.63, 3.8) is 0 Å². The molecule has 11 heteroatoms. The van der Waals surface area contributed by atoms with Crippen molar-refractivity contribution in [2.24, 2.45) is 0 Å². The van der Waals surface area contributed by atoms with Crippen LogP contribution in [0.5, 0.6) is 5.88 Å². The van der Waals surface area contributed by atoms with Crippen LogP contribution < -0.4 is 15.4 Å². The van der Waals surface area contributed by atoms with Crippen molar-refractivity contribution in [2.45, 2.75) is 70.9 Å². The quantitative estimate of drug-likeness (QED) is 0.107. The van der Waals surface area contributed by atoms with Crippen molar-refractivity contribution in [3.8, 4) is 5.88 Å². The molecular weight excluding hydrogens is 588 g/mol. The number of pyridine rings is 1. The zero-order chi connectivity index (χ0) is 32.6. The molecule has 0 bridgehead atoms. The van der Waals surface area contributed by atoms with E-state index in [1.54, 1.807) is 24.3 Å². The highest BCUT2D eigenvalue weighted by Crippen LogP contribution is 2.40. The number of amides is 1. The smallest absolute Gasteiger partial charge is 0.393 e. The van der Waals surface area contributed by atoms with Crippen LogP contribution in [0.15, 0.2) is 60.8 Å². The number of rotatable bonds is 12. The van der Waals surface area contributed by atoms with Gasteiger partial charge in [0.15, 0.2) is 0 Å². The average Bonchev–Trinajstić information content (AvgIpc) is 3.01. The summed E-state index contributed by atoms with van der Waals surface area (Å²) in [6.45, 7) is 4.50. The Morgan fingerprint density at radius 3 is 2.33 bits per heavy atom. The molecule has 240 valence electrons. The minimum absolute atomic E-state index is 0.102. The van der Waals surface area contributed by atoms with Gasteiger partial charge in [0.25, 0.3) is 5.91 Å². The molecule has 3 aromatic rings. The number of alkyl halides is 3. The van der Waals surface area contributed by atoms with Gasteiger partial charge in [-0.05, 0) is 85.2 Å². The van der Waals surface area contributed by atoms with Crippen LogP contribution >= 0.6 is 0 Å². The van der Waals surface area contributed by atoms with Gasteiger partial charge in [0.05, 0.1) is 18.1 Å². The molecule has 4 rings (SSSR count). The Bertz CT molecular complexity index is 1500. The van der Waals surface area contributed by atoms with Gasteiger partial charge in [-0.2, -0.15) is 17.6 Å². The first-order valence-corrected chi connectivity index (χ1v) is 15.0. The summed E-state index contributed by atoms with van der Waals surface area (Å²) in [5.41, 5.74) is 1.35. The molecule has 45 heavy (non-hydrogen) atoms. The van der Waals surface area contributed by atoms with Gasteiger partial charge < -0.3 is 20.1 Å². The van der Waals surface area contributed by atoms with Gasteiger partial charge in [-0.1, -0.05) is 31.5 Å². The summed E-state index contributed by atoms with van der Waals surface area (Å²) in [6, 6.07) is 13.5. The number of carbonyl (C=O) groups excluding carboxylic acids is 1. The topological polar surface area (TPSA) is 96.3 Å². The molecule has 2 aromatic carbocycles. The number of nitrogens with zero attached hydrogens (tertiary/aromatic N) is 1. The van der Waals surface area contributed by atoms with Crippen LogP contribution in [0.1, 0.15) is 85.0 Å². The molecule has 1 saturated heterocycles. The van der Waals surface area contributed by atoms with Crippen molar-refractivity contribution in [3.05, 3.63) is 88.6 Å². The van der Waals surface area contributed by atoms with E-state index in [-0.39, 0.29) is 51.6 Å². The molecule has 1 aliphatic rings. The lowest BCUT2D eigenvalue weighted by Crippen LogP contribution is -2.27. The van der Waals surface area contributed by atoms with Crippen LogP contribution in [-0.4, -0.2) is 49.0 Å². The number of benzene rings is 2. The summed E-state index contributed by atoms with van der Waals surface area (Å²) >= 11 is 0. The predicted octanol–water partition coefficient (Wildman–Crippen LogP) is 8.15. The fourth-order valence-corrected chi connectivity index (χ4v) is 5.32. The van der Waals surface area contributed by atoms with E-state index in [2.05, 4.69) is 15.6 Å². The van der Waals surface area contributed by atoms with Crippen LogP contribution in [0.3, 0.4) is 0 Å². The minimum Gasteiger partial charge on any atom is -0.475 e. The molecule has 0 saturated carbocycles. The maximum absolute atomic E-state index is 14.7. The Morgan fingerprint density at radius 2 is 1.76 bits per heavy atom. The number of hydrogen-bond acceptors (Lipinski definition) is 6. The molecule has 1 aromatic heterocycles. The third-order valence-corrected chi connectivity index (χ3v) is 7.48. The molecular formula is C34H38F4N4O3. The number of aromatic nitrogens is 1. The van der Waals surface area contributed by atoms with E-state index in [9.17, 15) is 22.4 Å². The van der Waals surface area contributed by atoms with E-state index in [0.717, 1.165) is 25.7 Å². The van der Waals surface area contributed by atoms with E-state index in [1.165, 1.54) is 43.6 Å². The van der Waals surface area contributed by atoms with Gasteiger partial charge in [0.2, 0.25) is 11.8 Å². The fraction of sp³-hybridized carbons (Fsp3) is 0.382. The maximum atomic E-state index is 14.7. The summed E-state index contributed by atoms with van der Waals surface area (Å²) in [5, 5.41) is 13.5. The molecule has 1 aliphatic heterocycles. The second kappa shape index (κ2) is 15.2. The molecule has 1 unspecified atom stereocenters.